The van der Waals surface area contributed by atoms with Crippen molar-refractivity contribution in [2.75, 3.05) is 13.1 Å². The average Bonchev–Trinajstić information content (AvgIpc) is 2.53. The maximum absolute atomic E-state index is 13.2. The normalized spacial score (nSPS) is 18.3. The highest BCUT2D eigenvalue weighted by atomic mass is 19.1. The predicted molar refractivity (Wildman–Crippen MR) is 65.4 cm³/mol. The van der Waals surface area contributed by atoms with Crippen LogP contribution >= 0.6 is 0 Å². The standard InChI is InChI=1S/C13H16FN3/c1-8(9-6-15-7-9)13-16-11-5-10(14)3-4-12(11)17(13)2/h3-5,8-9,15H,6-7H2,1-2H3. The van der Waals surface area contributed by atoms with Gasteiger partial charge in [0, 0.05) is 19.0 Å². The van der Waals surface area contributed by atoms with Gasteiger partial charge in [0.05, 0.1) is 11.0 Å². The Bertz CT molecular complexity index is 557. The van der Waals surface area contributed by atoms with E-state index in [9.17, 15) is 4.39 Å². The van der Waals surface area contributed by atoms with Crippen LogP contribution in [0.25, 0.3) is 11.0 Å². The summed E-state index contributed by atoms with van der Waals surface area (Å²) in [5.41, 5.74) is 1.75. The van der Waals surface area contributed by atoms with Gasteiger partial charge >= 0.3 is 0 Å². The lowest BCUT2D eigenvalue weighted by Crippen LogP contribution is -2.45. The van der Waals surface area contributed by atoms with Gasteiger partial charge in [-0.05, 0) is 31.1 Å². The molecule has 90 valence electrons. The number of rotatable bonds is 2. The molecule has 2 aromatic rings. The second-order valence-corrected chi connectivity index (χ2v) is 4.87. The van der Waals surface area contributed by atoms with Gasteiger partial charge in [0.1, 0.15) is 11.6 Å². The number of imidazole rings is 1. The Morgan fingerprint density at radius 3 is 2.88 bits per heavy atom. The number of hydrogen-bond donors (Lipinski definition) is 1. The van der Waals surface area contributed by atoms with Crippen LogP contribution in [0.4, 0.5) is 4.39 Å². The Kier molecular flexibility index (Phi) is 2.40. The van der Waals surface area contributed by atoms with Crippen molar-refractivity contribution in [1.82, 2.24) is 14.9 Å². The van der Waals surface area contributed by atoms with Crippen molar-refractivity contribution < 1.29 is 4.39 Å². The second-order valence-electron chi connectivity index (χ2n) is 4.87. The Labute approximate surface area is 99.7 Å². The SMILES string of the molecule is CC(c1nc2cc(F)ccc2n1C)C1CNC1. The molecule has 0 bridgehead atoms. The molecule has 0 radical (unpaired) electrons. The first-order chi connectivity index (χ1) is 8.16. The molecule has 1 aromatic carbocycles. The average molecular weight is 233 g/mol. The number of fused-ring (bicyclic) bond motifs is 1. The molecule has 1 aromatic heterocycles. The largest absolute Gasteiger partial charge is 0.331 e. The number of benzene rings is 1. The van der Waals surface area contributed by atoms with E-state index in [0.29, 0.717) is 11.8 Å². The van der Waals surface area contributed by atoms with E-state index in [-0.39, 0.29) is 5.82 Å². The third-order valence-corrected chi connectivity index (χ3v) is 3.80. The molecular formula is C13H16FN3. The van der Waals surface area contributed by atoms with Crippen molar-refractivity contribution in [3.8, 4) is 0 Å². The number of hydrogen-bond acceptors (Lipinski definition) is 2. The first-order valence-corrected chi connectivity index (χ1v) is 5.99. The van der Waals surface area contributed by atoms with Gasteiger partial charge in [0.25, 0.3) is 0 Å². The maximum Gasteiger partial charge on any atom is 0.125 e. The van der Waals surface area contributed by atoms with Crippen molar-refractivity contribution in [3.05, 3.63) is 29.8 Å². The Hall–Kier alpha value is -1.42. The van der Waals surface area contributed by atoms with E-state index in [1.165, 1.54) is 12.1 Å². The summed E-state index contributed by atoms with van der Waals surface area (Å²) in [6, 6.07) is 4.79. The zero-order valence-electron chi connectivity index (χ0n) is 10.1. The van der Waals surface area contributed by atoms with E-state index in [1.54, 1.807) is 6.07 Å². The number of halogens is 1. The zero-order chi connectivity index (χ0) is 12.0. The maximum atomic E-state index is 13.2. The number of nitrogens with zero attached hydrogens (tertiary/aromatic N) is 2. The van der Waals surface area contributed by atoms with Crippen LogP contribution in [-0.2, 0) is 7.05 Å². The molecule has 1 aliphatic rings. The van der Waals surface area contributed by atoms with Gasteiger partial charge in [-0.2, -0.15) is 0 Å². The molecule has 0 amide bonds. The minimum atomic E-state index is -0.222. The molecule has 1 fully saturated rings. The molecule has 1 N–H and O–H groups in total. The van der Waals surface area contributed by atoms with E-state index < -0.39 is 0 Å². The zero-order valence-corrected chi connectivity index (χ0v) is 10.1. The minimum absolute atomic E-state index is 0.222. The van der Waals surface area contributed by atoms with Gasteiger partial charge in [-0.3, -0.25) is 0 Å². The van der Waals surface area contributed by atoms with Crippen LogP contribution in [0, 0.1) is 11.7 Å². The van der Waals surface area contributed by atoms with Gasteiger partial charge < -0.3 is 9.88 Å². The summed E-state index contributed by atoms with van der Waals surface area (Å²) in [5.74, 6) is 1.89. The molecule has 0 spiro atoms. The van der Waals surface area contributed by atoms with Gasteiger partial charge in [-0.1, -0.05) is 6.92 Å². The fourth-order valence-corrected chi connectivity index (χ4v) is 2.47. The van der Waals surface area contributed by atoms with E-state index in [2.05, 4.69) is 21.8 Å². The van der Waals surface area contributed by atoms with Crippen molar-refractivity contribution in [2.24, 2.45) is 13.0 Å². The highest BCUT2D eigenvalue weighted by Gasteiger charge is 2.28. The summed E-state index contributed by atoms with van der Waals surface area (Å²) >= 11 is 0. The highest BCUT2D eigenvalue weighted by Crippen LogP contribution is 2.28. The third-order valence-electron chi connectivity index (χ3n) is 3.80. The fraction of sp³-hybridized carbons (Fsp3) is 0.462. The molecule has 3 rings (SSSR count). The van der Waals surface area contributed by atoms with Crippen molar-refractivity contribution in [3.63, 3.8) is 0 Å². The first-order valence-electron chi connectivity index (χ1n) is 5.99. The quantitative estimate of drug-likeness (QED) is 0.860. The Morgan fingerprint density at radius 2 is 2.24 bits per heavy atom. The van der Waals surface area contributed by atoms with E-state index in [1.807, 2.05) is 7.05 Å². The van der Waals surface area contributed by atoms with Crippen LogP contribution in [0.15, 0.2) is 18.2 Å². The number of nitrogens with one attached hydrogen (secondary N) is 1. The lowest BCUT2D eigenvalue weighted by atomic mass is 9.88. The number of aryl methyl sites for hydroxylation is 1. The summed E-state index contributed by atoms with van der Waals surface area (Å²) in [6.07, 6.45) is 0. The molecule has 0 saturated carbocycles. The molecule has 17 heavy (non-hydrogen) atoms. The highest BCUT2D eigenvalue weighted by molar-refractivity contribution is 5.76. The first kappa shape index (κ1) is 10.7. The van der Waals surface area contributed by atoms with Gasteiger partial charge in [-0.25, -0.2) is 9.37 Å². The van der Waals surface area contributed by atoms with Crippen LogP contribution in [0.1, 0.15) is 18.7 Å². The molecule has 1 aliphatic heterocycles. The van der Waals surface area contributed by atoms with Gasteiger partial charge in [-0.15, -0.1) is 0 Å². The molecular weight excluding hydrogens is 217 g/mol. The fourth-order valence-electron chi connectivity index (χ4n) is 2.47. The number of aromatic nitrogens is 2. The molecule has 1 unspecified atom stereocenters. The van der Waals surface area contributed by atoms with E-state index >= 15 is 0 Å². The van der Waals surface area contributed by atoms with Crippen molar-refractivity contribution in [2.45, 2.75) is 12.8 Å². The van der Waals surface area contributed by atoms with E-state index in [0.717, 1.165) is 29.9 Å². The van der Waals surface area contributed by atoms with Crippen molar-refractivity contribution >= 4 is 11.0 Å². The van der Waals surface area contributed by atoms with Crippen LogP contribution in [0.5, 0.6) is 0 Å². The summed E-state index contributed by atoms with van der Waals surface area (Å²) in [6.45, 7) is 4.31. The minimum Gasteiger partial charge on any atom is -0.331 e. The molecule has 3 nitrogen and oxygen atoms in total. The molecule has 1 saturated heterocycles. The lowest BCUT2D eigenvalue weighted by molar-refractivity contribution is 0.293. The molecule has 0 aliphatic carbocycles. The molecule has 2 heterocycles. The van der Waals surface area contributed by atoms with Crippen LogP contribution in [0.3, 0.4) is 0 Å². The second kappa shape index (κ2) is 3.81. The van der Waals surface area contributed by atoms with Crippen LogP contribution < -0.4 is 5.32 Å². The van der Waals surface area contributed by atoms with Crippen LogP contribution in [0.2, 0.25) is 0 Å². The topological polar surface area (TPSA) is 29.9 Å². The molecule has 4 heteroatoms. The van der Waals surface area contributed by atoms with Crippen molar-refractivity contribution in [1.29, 1.82) is 0 Å². The summed E-state index contributed by atoms with van der Waals surface area (Å²) in [5, 5.41) is 3.28. The molecule has 1 atom stereocenters. The summed E-state index contributed by atoms with van der Waals surface area (Å²) in [7, 11) is 2.01. The predicted octanol–water partition coefficient (Wildman–Crippen LogP) is 2.04. The lowest BCUT2D eigenvalue weighted by Gasteiger charge is -2.32. The third kappa shape index (κ3) is 1.63. The summed E-state index contributed by atoms with van der Waals surface area (Å²) in [4.78, 5) is 4.57. The summed E-state index contributed by atoms with van der Waals surface area (Å²) < 4.78 is 15.2. The van der Waals surface area contributed by atoms with Gasteiger partial charge in [0.15, 0.2) is 0 Å². The van der Waals surface area contributed by atoms with Crippen LogP contribution in [-0.4, -0.2) is 22.6 Å². The van der Waals surface area contributed by atoms with E-state index in [4.69, 9.17) is 0 Å². The Morgan fingerprint density at radius 1 is 1.47 bits per heavy atom. The Balaban J connectivity index is 2.07. The van der Waals surface area contributed by atoms with Gasteiger partial charge in [0.2, 0.25) is 0 Å². The smallest absolute Gasteiger partial charge is 0.125 e. The monoisotopic (exact) mass is 233 g/mol.